The molecule has 1 aliphatic carbocycles. The van der Waals surface area contributed by atoms with Crippen LogP contribution in [-0.2, 0) is 9.59 Å². The largest absolute Gasteiger partial charge is 0.490 e. The van der Waals surface area contributed by atoms with Crippen LogP contribution in [0.3, 0.4) is 0 Å². The lowest BCUT2D eigenvalue weighted by Gasteiger charge is -2.43. The van der Waals surface area contributed by atoms with Crippen molar-refractivity contribution in [2.45, 2.75) is 56.9 Å². The van der Waals surface area contributed by atoms with E-state index >= 15 is 0 Å². The van der Waals surface area contributed by atoms with Crippen LogP contribution in [0.4, 0.5) is 26.3 Å². The first-order chi connectivity index (χ1) is 17.6. The molecule has 1 unspecified atom stereocenters. The van der Waals surface area contributed by atoms with Gasteiger partial charge in [-0.1, -0.05) is 18.2 Å². The normalized spacial score (nSPS) is 21.1. The van der Waals surface area contributed by atoms with E-state index < -0.39 is 24.3 Å². The summed E-state index contributed by atoms with van der Waals surface area (Å²) in [4.78, 5) is 39.2. The molecule has 0 saturated carbocycles. The van der Waals surface area contributed by atoms with Crippen LogP contribution in [0.1, 0.15) is 49.0 Å². The lowest BCUT2D eigenvalue weighted by Crippen LogP contribution is -2.45. The van der Waals surface area contributed by atoms with E-state index in [9.17, 15) is 31.1 Å². The van der Waals surface area contributed by atoms with Gasteiger partial charge in [-0.2, -0.15) is 26.3 Å². The minimum Gasteiger partial charge on any atom is -0.475 e. The summed E-state index contributed by atoms with van der Waals surface area (Å²) in [5, 5.41) is 14.2. The summed E-state index contributed by atoms with van der Waals surface area (Å²) < 4.78 is 63.5. The van der Waals surface area contributed by atoms with Gasteiger partial charge in [0.2, 0.25) is 0 Å². The highest BCUT2D eigenvalue weighted by atomic mass is 19.4. The Hall–Kier alpha value is -3.16. The van der Waals surface area contributed by atoms with Gasteiger partial charge < -0.3 is 15.1 Å². The number of alkyl halides is 6. The Kier molecular flexibility index (Phi) is 10.7. The van der Waals surface area contributed by atoms with Gasteiger partial charge in [0.1, 0.15) is 5.69 Å². The molecule has 1 aromatic heterocycles. The van der Waals surface area contributed by atoms with Crippen LogP contribution < -0.4 is 0 Å². The molecule has 3 heterocycles. The Balaban J connectivity index is 0.000000301. The minimum atomic E-state index is -5.08. The summed E-state index contributed by atoms with van der Waals surface area (Å²) in [6, 6.07) is 6.21. The third kappa shape index (κ3) is 9.30. The van der Waals surface area contributed by atoms with Crippen LogP contribution in [0, 0.1) is 5.41 Å². The second-order valence-corrected chi connectivity index (χ2v) is 9.18. The molecule has 1 amide bonds. The number of nitrogens with zero attached hydrogens (tertiary/aromatic N) is 3. The number of carbonyl (C=O) groups excluding carboxylic acids is 1. The molecule has 2 N–H and O–H groups in total. The minimum absolute atomic E-state index is 0.0835. The fraction of sp³-hybridized carbons (Fsp3) is 0.583. The molecule has 4 rings (SSSR count). The van der Waals surface area contributed by atoms with E-state index in [0.717, 1.165) is 25.9 Å². The average molecular weight is 554 g/mol. The van der Waals surface area contributed by atoms with Crippen molar-refractivity contribution in [1.82, 2.24) is 14.8 Å². The monoisotopic (exact) mass is 553 g/mol. The van der Waals surface area contributed by atoms with Gasteiger partial charge in [0.15, 0.2) is 0 Å². The SMILES string of the molecule is O=C(O)C(F)(F)F.O=C(O)C(F)(F)F.O=C(c1ccccn1)N1CCC2(C=CC(N3CCCC3)CC2)CC1. The van der Waals surface area contributed by atoms with Crippen molar-refractivity contribution < 1.29 is 50.9 Å². The molecule has 1 atom stereocenters. The number of likely N-dealkylation sites (tertiary alicyclic amines) is 2. The number of carboxylic acids is 2. The van der Waals surface area contributed by atoms with Crippen LogP contribution in [0.2, 0.25) is 0 Å². The first-order valence-electron chi connectivity index (χ1n) is 11.9. The summed E-state index contributed by atoms with van der Waals surface area (Å²) in [7, 11) is 0. The van der Waals surface area contributed by atoms with Gasteiger partial charge in [-0.25, -0.2) is 9.59 Å². The fourth-order valence-electron chi connectivity index (χ4n) is 4.53. The van der Waals surface area contributed by atoms with E-state index in [0.29, 0.717) is 17.2 Å². The number of carboxylic acid groups (broad SMARTS) is 2. The predicted octanol–water partition coefficient (Wildman–Crippen LogP) is 4.39. The summed E-state index contributed by atoms with van der Waals surface area (Å²) in [6.45, 7) is 4.25. The lowest BCUT2D eigenvalue weighted by molar-refractivity contribution is -0.193. The van der Waals surface area contributed by atoms with E-state index in [2.05, 4.69) is 22.0 Å². The molecule has 2 fully saturated rings. The zero-order valence-electron chi connectivity index (χ0n) is 20.3. The zero-order chi connectivity index (χ0) is 28.6. The van der Waals surface area contributed by atoms with Crippen molar-refractivity contribution in [3.63, 3.8) is 0 Å². The van der Waals surface area contributed by atoms with E-state index in [-0.39, 0.29) is 5.91 Å². The second kappa shape index (κ2) is 13.1. The maximum Gasteiger partial charge on any atom is 0.490 e. The zero-order valence-corrected chi connectivity index (χ0v) is 20.3. The molecule has 14 heteroatoms. The fourth-order valence-corrected chi connectivity index (χ4v) is 4.53. The summed E-state index contributed by atoms with van der Waals surface area (Å²) in [5.41, 5.74) is 0.902. The third-order valence-electron chi connectivity index (χ3n) is 6.64. The van der Waals surface area contributed by atoms with Crippen molar-refractivity contribution >= 4 is 17.8 Å². The molecule has 0 radical (unpaired) electrons. The Morgan fingerprint density at radius 1 is 0.868 bits per heavy atom. The van der Waals surface area contributed by atoms with E-state index in [1.807, 2.05) is 23.1 Å². The molecule has 1 spiro atoms. The lowest BCUT2D eigenvalue weighted by atomic mass is 9.71. The van der Waals surface area contributed by atoms with Gasteiger partial charge in [-0.3, -0.25) is 14.7 Å². The standard InChI is InChI=1S/C20H27N3O.2C2HF3O2/c24-19(18-5-1-2-12-21-18)23-15-10-20(11-16-23)8-6-17(7-9-20)22-13-3-4-14-22;2*3-2(4,5)1(6)7/h1-2,5-6,8,12,17H,3-4,7,9-11,13-16H2;2*(H,6,7). The number of piperidine rings is 1. The summed E-state index contributed by atoms with van der Waals surface area (Å²) in [5.74, 6) is -5.43. The van der Waals surface area contributed by atoms with Crippen LogP contribution in [-0.4, -0.2) is 87.4 Å². The van der Waals surface area contributed by atoms with Gasteiger partial charge in [-0.05, 0) is 69.2 Å². The highest BCUT2D eigenvalue weighted by Gasteiger charge is 2.39. The number of hydrogen-bond donors (Lipinski definition) is 2. The molecule has 1 aromatic rings. The number of carbonyl (C=O) groups is 3. The molecule has 3 aliphatic rings. The third-order valence-corrected chi connectivity index (χ3v) is 6.64. The number of amides is 1. The molecule has 38 heavy (non-hydrogen) atoms. The molecule has 8 nitrogen and oxygen atoms in total. The van der Waals surface area contributed by atoms with E-state index in [1.54, 1.807) is 6.20 Å². The van der Waals surface area contributed by atoms with Crippen molar-refractivity contribution in [2.75, 3.05) is 26.2 Å². The Labute approximate surface area is 214 Å². The number of pyridine rings is 1. The number of allylic oxidation sites excluding steroid dienone is 1. The Morgan fingerprint density at radius 2 is 1.39 bits per heavy atom. The van der Waals surface area contributed by atoms with Crippen molar-refractivity contribution in [3.05, 3.63) is 42.2 Å². The molecule has 2 aliphatic heterocycles. The van der Waals surface area contributed by atoms with Gasteiger partial charge in [-0.15, -0.1) is 0 Å². The first-order valence-corrected chi connectivity index (χ1v) is 11.9. The van der Waals surface area contributed by atoms with Crippen molar-refractivity contribution in [1.29, 1.82) is 0 Å². The predicted molar refractivity (Wildman–Crippen MR) is 122 cm³/mol. The average Bonchev–Trinajstić information content (AvgIpc) is 3.40. The molecule has 212 valence electrons. The number of hydrogen-bond acceptors (Lipinski definition) is 5. The molecular weight excluding hydrogens is 524 g/mol. The number of aromatic nitrogens is 1. The molecule has 0 aromatic carbocycles. The van der Waals surface area contributed by atoms with Crippen molar-refractivity contribution in [2.24, 2.45) is 5.41 Å². The highest BCUT2D eigenvalue weighted by Crippen LogP contribution is 2.42. The smallest absolute Gasteiger partial charge is 0.475 e. The van der Waals surface area contributed by atoms with Crippen molar-refractivity contribution in [3.8, 4) is 0 Å². The Bertz CT molecular complexity index is 946. The van der Waals surface area contributed by atoms with Crippen LogP contribution in [0.25, 0.3) is 0 Å². The maximum atomic E-state index is 12.5. The quantitative estimate of drug-likeness (QED) is 0.413. The van der Waals surface area contributed by atoms with Crippen LogP contribution >= 0.6 is 0 Å². The summed E-state index contributed by atoms with van der Waals surface area (Å²) in [6.07, 6.45) is 3.94. The van der Waals surface area contributed by atoms with Crippen LogP contribution in [0.15, 0.2) is 36.5 Å². The topological polar surface area (TPSA) is 111 Å². The summed E-state index contributed by atoms with van der Waals surface area (Å²) >= 11 is 0. The van der Waals surface area contributed by atoms with Crippen LogP contribution in [0.5, 0.6) is 0 Å². The number of rotatable bonds is 2. The molecular formula is C24H29F6N3O5. The number of aliphatic carboxylic acids is 2. The first kappa shape index (κ1) is 31.1. The molecule has 0 bridgehead atoms. The van der Waals surface area contributed by atoms with Gasteiger partial charge in [0.25, 0.3) is 5.91 Å². The van der Waals surface area contributed by atoms with Gasteiger partial charge in [0, 0.05) is 25.3 Å². The van der Waals surface area contributed by atoms with E-state index in [1.165, 1.54) is 38.8 Å². The Morgan fingerprint density at radius 3 is 1.79 bits per heavy atom. The number of halogens is 6. The maximum absolute atomic E-state index is 12.5. The van der Waals surface area contributed by atoms with E-state index in [4.69, 9.17) is 19.8 Å². The highest BCUT2D eigenvalue weighted by molar-refractivity contribution is 5.92. The second-order valence-electron chi connectivity index (χ2n) is 9.18. The van der Waals surface area contributed by atoms with Gasteiger partial charge in [0.05, 0.1) is 0 Å². The molecule has 2 saturated heterocycles. The van der Waals surface area contributed by atoms with Gasteiger partial charge >= 0.3 is 24.3 Å².